The van der Waals surface area contributed by atoms with E-state index in [4.69, 9.17) is 16.3 Å². The minimum absolute atomic E-state index is 0.148. The van der Waals surface area contributed by atoms with Gasteiger partial charge >= 0.3 is 7.12 Å². The molecule has 1 aromatic carbocycles. The van der Waals surface area contributed by atoms with E-state index in [1.807, 2.05) is 12.1 Å². The van der Waals surface area contributed by atoms with Gasteiger partial charge in [0.15, 0.2) is 17.3 Å². The lowest BCUT2D eigenvalue weighted by Crippen LogP contribution is -2.28. The van der Waals surface area contributed by atoms with E-state index in [-0.39, 0.29) is 17.9 Å². The van der Waals surface area contributed by atoms with Crippen molar-refractivity contribution in [1.82, 2.24) is 20.0 Å². The maximum absolute atomic E-state index is 12.7. The Kier molecular flexibility index (Phi) is 4.32. The van der Waals surface area contributed by atoms with Crippen LogP contribution in [0.15, 0.2) is 36.5 Å². The fraction of sp³-hybridized carbons (Fsp3) is 0.176. The van der Waals surface area contributed by atoms with Crippen LogP contribution >= 0.6 is 11.6 Å². The van der Waals surface area contributed by atoms with Crippen LogP contribution in [0.1, 0.15) is 27.3 Å². The first kappa shape index (κ1) is 16.9. The molecule has 0 bridgehead atoms. The van der Waals surface area contributed by atoms with Gasteiger partial charge in [-0.3, -0.25) is 4.79 Å². The molecule has 0 radical (unpaired) electrons. The maximum atomic E-state index is 12.7. The van der Waals surface area contributed by atoms with E-state index in [9.17, 15) is 9.82 Å². The van der Waals surface area contributed by atoms with Crippen LogP contribution < -0.4 is 5.46 Å². The zero-order valence-corrected chi connectivity index (χ0v) is 14.6. The van der Waals surface area contributed by atoms with Crippen LogP contribution in [0.5, 0.6) is 0 Å². The summed E-state index contributed by atoms with van der Waals surface area (Å²) in [6.45, 7) is 2.13. The highest BCUT2D eigenvalue weighted by molar-refractivity contribution is 6.61. The number of rotatable bonds is 4. The number of halogens is 1. The van der Waals surface area contributed by atoms with E-state index in [0.29, 0.717) is 28.6 Å². The van der Waals surface area contributed by atoms with Crippen LogP contribution in [0.4, 0.5) is 0 Å². The number of ketones is 1. The average molecular weight is 369 g/mol. The SMILES string of the molecule is Cc1c(C(=O)Cc2ccc3c(c2)B(O)OC3)nnn1-c1ncccc1Cl. The van der Waals surface area contributed by atoms with Crippen LogP contribution in [0.3, 0.4) is 0 Å². The molecule has 3 aromatic rings. The fourth-order valence-electron chi connectivity index (χ4n) is 2.96. The second-order valence-corrected chi connectivity index (χ2v) is 6.45. The predicted octanol–water partition coefficient (Wildman–Crippen LogP) is 1.27. The fourth-order valence-corrected chi connectivity index (χ4v) is 3.17. The van der Waals surface area contributed by atoms with Crippen LogP contribution in [0.25, 0.3) is 5.82 Å². The summed E-state index contributed by atoms with van der Waals surface area (Å²) in [6, 6.07) is 8.93. The molecule has 1 N–H and O–H groups in total. The number of fused-ring (bicyclic) bond motifs is 1. The number of Topliss-reactive ketones (excluding diaryl/α,β-unsaturated/α-hetero) is 1. The van der Waals surface area contributed by atoms with Crippen molar-refractivity contribution in [3.8, 4) is 5.82 Å². The molecule has 0 fully saturated rings. The van der Waals surface area contributed by atoms with Crippen molar-refractivity contribution < 1.29 is 14.5 Å². The summed E-state index contributed by atoms with van der Waals surface area (Å²) in [5.74, 6) is 0.255. The van der Waals surface area contributed by atoms with Crippen molar-refractivity contribution in [2.45, 2.75) is 20.0 Å². The Morgan fingerprint density at radius 1 is 1.42 bits per heavy atom. The molecule has 3 heterocycles. The Bertz CT molecular complexity index is 1010. The first-order valence-electron chi connectivity index (χ1n) is 8.02. The highest BCUT2D eigenvalue weighted by atomic mass is 35.5. The second kappa shape index (κ2) is 6.64. The minimum Gasteiger partial charge on any atom is -0.423 e. The summed E-state index contributed by atoms with van der Waals surface area (Å²) in [7, 11) is -0.936. The summed E-state index contributed by atoms with van der Waals surface area (Å²) in [5.41, 5.74) is 3.25. The number of carbonyl (C=O) groups excluding carboxylic acids is 1. The van der Waals surface area contributed by atoms with Crippen LogP contribution in [0, 0.1) is 6.92 Å². The van der Waals surface area contributed by atoms with Gasteiger partial charge in [0.05, 0.1) is 17.3 Å². The maximum Gasteiger partial charge on any atom is 0.491 e. The largest absolute Gasteiger partial charge is 0.491 e. The molecule has 4 rings (SSSR count). The predicted molar refractivity (Wildman–Crippen MR) is 95.8 cm³/mol. The van der Waals surface area contributed by atoms with Crippen molar-refractivity contribution in [2.75, 3.05) is 0 Å². The Morgan fingerprint density at radius 3 is 3.08 bits per heavy atom. The standard InChI is InChI=1S/C17H14BClN4O3/c1-10-16(21-22-23(10)17-14(19)3-2-6-20-17)15(24)8-11-4-5-12-9-26-18(25)13(12)7-11/h2-7,25H,8-9H2,1H3. The van der Waals surface area contributed by atoms with Gasteiger partial charge in [-0.1, -0.05) is 35.0 Å². The molecule has 2 aromatic heterocycles. The van der Waals surface area contributed by atoms with E-state index >= 15 is 0 Å². The van der Waals surface area contributed by atoms with E-state index in [2.05, 4.69) is 15.3 Å². The molecule has 0 atom stereocenters. The van der Waals surface area contributed by atoms with Crippen LogP contribution in [0.2, 0.25) is 5.02 Å². The normalized spacial score (nSPS) is 13.1. The van der Waals surface area contributed by atoms with Gasteiger partial charge in [-0.25, -0.2) is 4.98 Å². The number of aromatic nitrogens is 4. The van der Waals surface area contributed by atoms with Gasteiger partial charge in [0.1, 0.15) is 0 Å². The second-order valence-electron chi connectivity index (χ2n) is 6.04. The third kappa shape index (κ3) is 2.92. The zero-order chi connectivity index (χ0) is 18.3. The molecule has 9 heteroatoms. The van der Waals surface area contributed by atoms with Crippen molar-refractivity contribution in [2.24, 2.45) is 0 Å². The lowest BCUT2D eigenvalue weighted by Gasteiger charge is -2.05. The summed E-state index contributed by atoms with van der Waals surface area (Å²) in [5, 5.41) is 18.3. The molecular weight excluding hydrogens is 354 g/mol. The van der Waals surface area contributed by atoms with Gasteiger partial charge in [0.2, 0.25) is 0 Å². The number of pyridine rings is 1. The number of nitrogens with zero attached hydrogens (tertiary/aromatic N) is 4. The summed E-state index contributed by atoms with van der Waals surface area (Å²) in [6.07, 6.45) is 1.75. The summed E-state index contributed by atoms with van der Waals surface area (Å²) >= 11 is 6.15. The lowest BCUT2D eigenvalue weighted by atomic mass is 9.78. The summed E-state index contributed by atoms with van der Waals surface area (Å²) < 4.78 is 6.63. The molecule has 1 aliphatic rings. The Labute approximate surface area is 154 Å². The van der Waals surface area contributed by atoms with Crippen molar-refractivity contribution in [3.63, 3.8) is 0 Å². The average Bonchev–Trinajstić information content (AvgIpc) is 3.19. The molecule has 7 nitrogen and oxygen atoms in total. The van der Waals surface area contributed by atoms with E-state index < -0.39 is 7.12 Å². The number of hydrogen-bond acceptors (Lipinski definition) is 6. The quantitative estimate of drug-likeness (QED) is 0.551. The van der Waals surface area contributed by atoms with E-state index in [1.165, 1.54) is 4.68 Å². The van der Waals surface area contributed by atoms with Crippen molar-refractivity contribution >= 4 is 30.0 Å². The lowest BCUT2D eigenvalue weighted by molar-refractivity contribution is 0.0987. The number of hydrogen-bond donors (Lipinski definition) is 1. The monoisotopic (exact) mass is 368 g/mol. The Hall–Kier alpha value is -2.55. The molecule has 1 aliphatic heterocycles. The van der Waals surface area contributed by atoms with Crippen LogP contribution in [-0.4, -0.2) is 37.9 Å². The highest BCUT2D eigenvalue weighted by Gasteiger charge is 2.28. The first-order chi connectivity index (χ1) is 12.5. The smallest absolute Gasteiger partial charge is 0.423 e. The van der Waals surface area contributed by atoms with E-state index in [1.54, 1.807) is 31.3 Å². The Morgan fingerprint density at radius 2 is 2.27 bits per heavy atom. The summed E-state index contributed by atoms with van der Waals surface area (Å²) in [4.78, 5) is 16.9. The minimum atomic E-state index is -0.936. The highest BCUT2D eigenvalue weighted by Crippen LogP contribution is 2.20. The molecule has 0 spiro atoms. The molecular formula is C17H14BClN4O3. The third-order valence-corrected chi connectivity index (χ3v) is 4.63. The topological polar surface area (TPSA) is 90.1 Å². The van der Waals surface area contributed by atoms with Crippen LogP contribution in [-0.2, 0) is 17.7 Å². The molecule has 0 aliphatic carbocycles. The van der Waals surface area contributed by atoms with Gasteiger partial charge in [0.25, 0.3) is 0 Å². The van der Waals surface area contributed by atoms with Gasteiger partial charge in [-0.15, -0.1) is 5.10 Å². The first-order valence-corrected chi connectivity index (χ1v) is 8.40. The van der Waals surface area contributed by atoms with Gasteiger partial charge in [-0.2, -0.15) is 4.68 Å². The van der Waals surface area contributed by atoms with Gasteiger partial charge in [-0.05, 0) is 35.6 Å². The molecule has 0 amide bonds. The van der Waals surface area contributed by atoms with Crippen molar-refractivity contribution in [1.29, 1.82) is 0 Å². The Balaban J connectivity index is 1.60. The number of benzene rings is 1. The van der Waals surface area contributed by atoms with Crippen molar-refractivity contribution in [3.05, 3.63) is 64.1 Å². The molecule has 0 saturated heterocycles. The zero-order valence-electron chi connectivity index (χ0n) is 13.9. The molecule has 26 heavy (non-hydrogen) atoms. The molecule has 130 valence electrons. The third-order valence-electron chi connectivity index (χ3n) is 4.34. The molecule has 0 unspecified atom stereocenters. The molecule has 0 saturated carbocycles. The number of carbonyl (C=O) groups is 1. The van der Waals surface area contributed by atoms with E-state index in [0.717, 1.165) is 11.1 Å². The van der Waals surface area contributed by atoms with Gasteiger partial charge in [0, 0.05) is 12.6 Å². The van der Waals surface area contributed by atoms with Gasteiger partial charge < -0.3 is 9.68 Å².